The van der Waals surface area contributed by atoms with Gasteiger partial charge >= 0.3 is 5.97 Å². The molecule has 0 aliphatic rings. The number of aromatic hydroxyl groups is 1. The Morgan fingerprint density at radius 3 is 2.65 bits per heavy atom. The van der Waals surface area contributed by atoms with Gasteiger partial charge in [-0.1, -0.05) is 0 Å². The zero-order valence-electron chi connectivity index (χ0n) is 8.75. The van der Waals surface area contributed by atoms with Crippen molar-refractivity contribution < 1.29 is 23.1 Å². The lowest BCUT2D eigenvalue weighted by molar-refractivity contribution is -0.134. The number of carbonyl (C=O) groups is 1. The van der Waals surface area contributed by atoms with Gasteiger partial charge in [-0.3, -0.25) is 0 Å². The van der Waals surface area contributed by atoms with Gasteiger partial charge in [0.2, 0.25) is 0 Å². The Bertz CT molecular complexity index is 562. The monoisotopic (exact) mass is 276 g/mol. The summed E-state index contributed by atoms with van der Waals surface area (Å²) in [5.74, 6) is -0.787. The minimum atomic E-state index is -3.95. The summed E-state index contributed by atoms with van der Waals surface area (Å²) < 4.78 is 26.8. The van der Waals surface area contributed by atoms with Gasteiger partial charge < -0.3 is 9.84 Å². The molecule has 0 aliphatic heterocycles. The van der Waals surface area contributed by atoms with Crippen LogP contribution in [0.25, 0.3) is 6.08 Å². The molecule has 0 bridgehead atoms. The SMILES string of the molecule is COC(=O)C=Cc1cc(O)ccc1S(=O)(=O)Cl. The Labute approximate surface area is 103 Å². The van der Waals surface area contributed by atoms with Crippen molar-refractivity contribution in [1.29, 1.82) is 0 Å². The van der Waals surface area contributed by atoms with E-state index < -0.39 is 15.0 Å². The average Bonchev–Trinajstić information content (AvgIpc) is 2.24. The molecule has 17 heavy (non-hydrogen) atoms. The van der Waals surface area contributed by atoms with E-state index >= 15 is 0 Å². The maximum atomic E-state index is 11.2. The van der Waals surface area contributed by atoms with Crippen molar-refractivity contribution in [3.8, 4) is 5.75 Å². The minimum Gasteiger partial charge on any atom is -0.508 e. The molecule has 0 spiro atoms. The summed E-state index contributed by atoms with van der Waals surface area (Å²) in [4.78, 5) is 10.7. The van der Waals surface area contributed by atoms with Gasteiger partial charge in [-0.15, -0.1) is 0 Å². The van der Waals surface area contributed by atoms with Crippen LogP contribution in [0.2, 0.25) is 0 Å². The number of hydrogen-bond donors (Lipinski definition) is 1. The van der Waals surface area contributed by atoms with Crippen molar-refractivity contribution in [2.24, 2.45) is 0 Å². The van der Waals surface area contributed by atoms with Crippen LogP contribution in [0.5, 0.6) is 5.75 Å². The topological polar surface area (TPSA) is 80.7 Å². The standard InChI is InChI=1S/C10H9ClO5S/c1-16-10(13)5-2-7-6-8(12)3-4-9(7)17(11,14)15/h2-6,12H,1H3. The molecule has 1 N–H and O–H groups in total. The largest absolute Gasteiger partial charge is 0.508 e. The summed E-state index contributed by atoms with van der Waals surface area (Å²) in [5.41, 5.74) is 0.102. The Balaban J connectivity index is 3.26. The molecule has 5 nitrogen and oxygen atoms in total. The van der Waals surface area contributed by atoms with Crippen LogP contribution in [-0.2, 0) is 18.6 Å². The van der Waals surface area contributed by atoms with Crippen LogP contribution >= 0.6 is 10.7 Å². The van der Waals surface area contributed by atoms with E-state index in [2.05, 4.69) is 4.74 Å². The second-order valence-electron chi connectivity index (χ2n) is 3.02. The molecule has 7 heteroatoms. The number of methoxy groups -OCH3 is 1. The molecule has 0 saturated carbocycles. The van der Waals surface area contributed by atoms with Gasteiger partial charge in [-0.25, -0.2) is 13.2 Å². The van der Waals surface area contributed by atoms with E-state index in [1.54, 1.807) is 0 Å². The Hall–Kier alpha value is -1.53. The van der Waals surface area contributed by atoms with Crippen LogP contribution in [0.3, 0.4) is 0 Å². The summed E-state index contributed by atoms with van der Waals surface area (Å²) in [7, 11) is 2.45. The van der Waals surface area contributed by atoms with Gasteiger partial charge in [0.25, 0.3) is 9.05 Å². The van der Waals surface area contributed by atoms with E-state index in [0.717, 1.165) is 12.1 Å². The zero-order valence-corrected chi connectivity index (χ0v) is 10.3. The number of phenolic OH excluding ortho intramolecular Hbond substituents is 1. The average molecular weight is 277 g/mol. The molecule has 0 aromatic heterocycles. The summed E-state index contributed by atoms with van der Waals surface area (Å²) in [5, 5.41) is 9.24. The van der Waals surface area contributed by atoms with Crippen molar-refractivity contribution in [3.63, 3.8) is 0 Å². The second kappa shape index (κ2) is 5.20. The minimum absolute atomic E-state index is 0.102. The first kappa shape index (κ1) is 13.5. The predicted octanol–water partition coefficient (Wildman–Crippen LogP) is 1.51. The van der Waals surface area contributed by atoms with Crippen LogP contribution in [-0.4, -0.2) is 26.6 Å². The first-order valence-electron chi connectivity index (χ1n) is 4.38. The van der Waals surface area contributed by atoms with Gasteiger partial charge in [0.05, 0.1) is 12.0 Å². The van der Waals surface area contributed by atoms with Crippen LogP contribution in [0.4, 0.5) is 0 Å². The fourth-order valence-corrected chi connectivity index (χ4v) is 2.17. The number of ether oxygens (including phenoxy) is 1. The maximum absolute atomic E-state index is 11.2. The van der Waals surface area contributed by atoms with E-state index in [0.29, 0.717) is 0 Å². The summed E-state index contributed by atoms with van der Waals surface area (Å²) in [6.45, 7) is 0. The van der Waals surface area contributed by atoms with Gasteiger partial charge in [-0.2, -0.15) is 0 Å². The van der Waals surface area contributed by atoms with E-state index in [-0.39, 0.29) is 16.2 Å². The van der Waals surface area contributed by atoms with Gasteiger partial charge in [0, 0.05) is 16.8 Å². The van der Waals surface area contributed by atoms with E-state index in [4.69, 9.17) is 10.7 Å². The third kappa shape index (κ3) is 3.76. The molecule has 1 aromatic rings. The third-order valence-corrected chi connectivity index (χ3v) is 3.25. The first-order valence-corrected chi connectivity index (χ1v) is 6.69. The first-order chi connectivity index (χ1) is 7.84. The second-order valence-corrected chi connectivity index (χ2v) is 5.55. The van der Waals surface area contributed by atoms with Gasteiger partial charge in [-0.05, 0) is 29.8 Å². The number of halogens is 1. The van der Waals surface area contributed by atoms with Crippen LogP contribution < -0.4 is 0 Å². The third-order valence-electron chi connectivity index (χ3n) is 1.86. The van der Waals surface area contributed by atoms with Crippen molar-refractivity contribution >= 4 is 31.8 Å². The number of carbonyl (C=O) groups excluding carboxylic acids is 1. The molecule has 0 unspecified atom stereocenters. The Morgan fingerprint density at radius 2 is 2.12 bits per heavy atom. The Kier molecular flexibility index (Phi) is 4.14. The molecular formula is C10H9ClO5S. The molecule has 1 aromatic carbocycles. The summed E-state index contributed by atoms with van der Waals surface area (Å²) in [6, 6.07) is 3.51. The smallest absolute Gasteiger partial charge is 0.330 e. The summed E-state index contributed by atoms with van der Waals surface area (Å²) >= 11 is 0. The molecule has 0 atom stereocenters. The quantitative estimate of drug-likeness (QED) is 0.514. The number of rotatable bonds is 3. The van der Waals surface area contributed by atoms with E-state index in [9.17, 15) is 18.3 Å². The Morgan fingerprint density at radius 1 is 1.47 bits per heavy atom. The lowest BCUT2D eigenvalue weighted by atomic mass is 10.2. The van der Waals surface area contributed by atoms with Crippen molar-refractivity contribution in [2.45, 2.75) is 4.90 Å². The molecule has 0 heterocycles. The van der Waals surface area contributed by atoms with Crippen molar-refractivity contribution in [1.82, 2.24) is 0 Å². The van der Waals surface area contributed by atoms with E-state index in [1.807, 2.05) is 0 Å². The molecule has 92 valence electrons. The highest BCUT2D eigenvalue weighted by molar-refractivity contribution is 8.13. The highest BCUT2D eigenvalue weighted by Crippen LogP contribution is 2.25. The molecule has 0 aliphatic carbocycles. The molecule has 0 amide bonds. The number of phenols is 1. The van der Waals surface area contributed by atoms with Crippen molar-refractivity contribution in [2.75, 3.05) is 7.11 Å². The highest BCUT2D eigenvalue weighted by Gasteiger charge is 2.14. The normalized spacial score (nSPS) is 11.6. The van der Waals surface area contributed by atoms with Crippen LogP contribution in [0.1, 0.15) is 5.56 Å². The molecule has 0 radical (unpaired) electrons. The number of benzene rings is 1. The van der Waals surface area contributed by atoms with Crippen molar-refractivity contribution in [3.05, 3.63) is 29.8 Å². The lowest BCUT2D eigenvalue weighted by Crippen LogP contribution is -1.96. The predicted molar refractivity (Wildman–Crippen MR) is 62.2 cm³/mol. The lowest BCUT2D eigenvalue weighted by Gasteiger charge is -2.02. The molecule has 0 saturated heterocycles. The summed E-state index contributed by atoms with van der Waals surface area (Å²) in [6.07, 6.45) is 2.22. The number of esters is 1. The molecular weight excluding hydrogens is 268 g/mol. The zero-order chi connectivity index (χ0) is 13.1. The van der Waals surface area contributed by atoms with Crippen LogP contribution in [0, 0.1) is 0 Å². The van der Waals surface area contributed by atoms with E-state index in [1.165, 1.54) is 25.3 Å². The fraction of sp³-hybridized carbons (Fsp3) is 0.100. The molecule has 1 rings (SSSR count). The fourth-order valence-electron chi connectivity index (χ4n) is 1.11. The van der Waals surface area contributed by atoms with Gasteiger partial charge in [0.1, 0.15) is 5.75 Å². The number of hydrogen-bond acceptors (Lipinski definition) is 5. The van der Waals surface area contributed by atoms with Crippen LogP contribution in [0.15, 0.2) is 29.2 Å². The highest BCUT2D eigenvalue weighted by atomic mass is 35.7. The maximum Gasteiger partial charge on any atom is 0.330 e. The van der Waals surface area contributed by atoms with Gasteiger partial charge in [0.15, 0.2) is 0 Å². The molecule has 0 fully saturated rings.